The highest BCUT2D eigenvalue weighted by molar-refractivity contribution is 9.10. The molecule has 2 N–H and O–H groups in total. The number of benzene rings is 1. The van der Waals surface area contributed by atoms with Crippen LogP contribution in [0.4, 0.5) is 0 Å². The van der Waals surface area contributed by atoms with E-state index in [0.29, 0.717) is 10.8 Å². The van der Waals surface area contributed by atoms with E-state index < -0.39 is 0 Å². The van der Waals surface area contributed by atoms with Crippen molar-refractivity contribution < 1.29 is 0 Å². The summed E-state index contributed by atoms with van der Waals surface area (Å²) in [5, 5.41) is 0. The van der Waals surface area contributed by atoms with Crippen molar-refractivity contribution in [1.82, 2.24) is 0 Å². The van der Waals surface area contributed by atoms with Crippen LogP contribution in [-0.2, 0) is 5.41 Å². The third-order valence-corrected chi connectivity index (χ3v) is 6.79. The molecule has 20 heavy (non-hydrogen) atoms. The van der Waals surface area contributed by atoms with Crippen LogP contribution in [-0.4, -0.2) is 6.54 Å². The van der Waals surface area contributed by atoms with Crippen LogP contribution in [0.5, 0.6) is 0 Å². The van der Waals surface area contributed by atoms with Gasteiger partial charge in [0.15, 0.2) is 0 Å². The monoisotopic (exact) mass is 333 g/mol. The van der Waals surface area contributed by atoms with E-state index in [9.17, 15) is 0 Å². The Kier molecular flexibility index (Phi) is 3.05. The van der Waals surface area contributed by atoms with Crippen LogP contribution in [0.2, 0.25) is 0 Å². The molecule has 1 aromatic rings. The fraction of sp³-hybridized carbons (Fsp3) is 0.667. The fourth-order valence-corrected chi connectivity index (χ4v) is 6.61. The Hall–Kier alpha value is -0.340. The molecule has 4 aliphatic carbocycles. The highest BCUT2D eigenvalue weighted by atomic mass is 79.9. The van der Waals surface area contributed by atoms with E-state index in [0.717, 1.165) is 18.4 Å². The predicted octanol–water partition coefficient (Wildman–Crippen LogP) is 4.64. The van der Waals surface area contributed by atoms with E-state index in [1.165, 1.54) is 49.4 Å². The molecule has 4 aliphatic rings. The molecular formula is C18H24BrN. The summed E-state index contributed by atoms with van der Waals surface area (Å²) >= 11 is 3.67. The van der Waals surface area contributed by atoms with E-state index in [1.54, 1.807) is 5.56 Å². The lowest BCUT2D eigenvalue weighted by atomic mass is 9.42. The second kappa shape index (κ2) is 4.58. The highest BCUT2D eigenvalue weighted by Gasteiger charge is 2.57. The molecule has 0 amide bonds. The molecule has 0 spiro atoms. The van der Waals surface area contributed by atoms with Gasteiger partial charge in [0.25, 0.3) is 0 Å². The van der Waals surface area contributed by atoms with Gasteiger partial charge in [-0.15, -0.1) is 0 Å². The molecule has 0 aromatic heterocycles. The minimum absolute atomic E-state index is 0.461. The van der Waals surface area contributed by atoms with Gasteiger partial charge in [0, 0.05) is 4.47 Å². The molecule has 0 radical (unpaired) electrons. The Labute approximate surface area is 130 Å². The van der Waals surface area contributed by atoms with Crippen LogP contribution in [0.25, 0.3) is 0 Å². The largest absolute Gasteiger partial charge is 0.330 e. The van der Waals surface area contributed by atoms with Crippen molar-refractivity contribution >= 4 is 15.9 Å². The van der Waals surface area contributed by atoms with Gasteiger partial charge >= 0.3 is 0 Å². The molecule has 1 nitrogen and oxygen atoms in total. The van der Waals surface area contributed by atoms with Gasteiger partial charge in [0.1, 0.15) is 0 Å². The van der Waals surface area contributed by atoms with Gasteiger partial charge in [-0.3, -0.25) is 0 Å². The molecule has 2 unspecified atom stereocenters. The van der Waals surface area contributed by atoms with Crippen molar-refractivity contribution in [3.8, 4) is 0 Å². The van der Waals surface area contributed by atoms with Crippen LogP contribution in [0.1, 0.15) is 50.5 Å². The molecule has 0 aliphatic heterocycles. The number of hydrogen-bond acceptors (Lipinski definition) is 1. The maximum absolute atomic E-state index is 5.95. The molecule has 0 heterocycles. The van der Waals surface area contributed by atoms with E-state index >= 15 is 0 Å². The van der Waals surface area contributed by atoms with Crippen LogP contribution < -0.4 is 5.73 Å². The molecule has 1 aromatic carbocycles. The van der Waals surface area contributed by atoms with Gasteiger partial charge in [-0.2, -0.15) is 0 Å². The lowest BCUT2D eigenvalue weighted by Gasteiger charge is -2.62. The summed E-state index contributed by atoms with van der Waals surface area (Å²) in [6.07, 6.45) is 9.88. The van der Waals surface area contributed by atoms with Crippen LogP contribution in [0, 0.1) is 17.3 Å². The topological polar surface area (TPSA) is 26.0 Å². The standard InChI is InChI=1S/C18H24BrN/c19-16-3-1-2-15(7-16)18-10-13-6-14(11-18)9-17(8-13,12-18)4-5-20/h1-3,7,13-14H,4-6,8-12,20H2. The lowest BCUT2D eigenvalue weighted by Crippen LogP contribution is -2.54. The lowest BCUT2D eigenvalue weighted by molar-refractivity contribution is -0.0749. The Morgan fingerprint density at radius 2 is 1.90 bits per heavy atom. The normalized spacial score (nSPS) is 42.1. The van der Waals surface area contributed by atoms with Gasteiger partial charge in [0.2, 0.25) is 0 Å². The average molecular weight is 334 g/mol. The molecule has 4 bridgehead atoms. The first-order valence-corrected chi connectivity index (χ1v) is 8.89. The summed E-state index contributed by atoms with van der Waals surface area (Å²) < 4.78 is 1.23. The Balaban J connectivity index is 1.75. The van der Waals surface area contributed by atoms with Crippen molar-refractivity contribution in [2.75, 3.05) is 6.54 Å². The summed E-state index contributed by atoms with van der Waals surface area (Å²) in [5.41, 5.74) is 8.57. The van der Waals surface area contributed by atoms with Gasteiger partial charge < -0.3 is 5.73 Å². The van der Waals surface area contributed by atoms with Gasteiger partial charge in [-0.1, -0.05) is 28.1 Å². The zero-order valence-corrected chi connectivity index (χ0v) is 13.7. The SMILES string of the molecule is NCCC12CC3CC(C1)CC(c1cccc(Br)c1)(C3)C2. The zero-order valence-electron chi connectivity index (χ0n) is 12.1. The molecular weight excluding hydrogens is 310 g/mol. The number of halogens is 1. The molecule has 0 saturated heterocycles. The zero-order chi connectivity index (χ0) is 13.8. The highest BCUT2D eigenvalue weighted by Crippen LogP contribution is 2.66. The van der Waals surface area contributed by atoms with Crippen molar-refractivity contribution in [1.29, 1.82) is 0 Å². The second-order valence-electron chi connectivity index (χ2n) is 7.79. The van der Waals surface area contributed by atoms with Crippen molar-refractivity contribution in [3.05, 3.63) is 34.3 Å². The first kappa shape index (κ1) is 13.3. The van der Waals surface area contributed by atoms with Gasteiger partial charge in [-0.25, -0.2) is 0 Å². The summed E-state index contributed by atoms with van der Waals surface area (Å²) in [6.45, 7) is 0.869. The first-order valence-electron chi connectivity index (χ1n) is 8.09. The number of hydrogen-bond donors (Lipinski definition) is 1. The van der Waals surface area contributed by atoms with E-state index in [1.807, 2.05) is 0 Å². The third kappa shape index (κ3) is 1.99. The number of nitrogens with two attached hydrogens (primary N) is 1. The van der Waals surface area contributed by atoms with Crippen LogP contribution in [0.15, 0.2) is 28.7 Å². The van der Waals surface area contributed by atoms with E-state index in [4.69, 9.17) is 5.73 Å². The molecule has 4 fully saturated rings. The summed E-state index contributed by atoms with van der Waals surface area (Å²) in [6, 6.07) is 9.12. The minimum Gasteiger partial charge on any atom is -0.330 e. The molecule has 2 heteroatoms. The number of rotatable bonds is 3. The Morgan fingerprint density at radius 3 is 2.55 bits per heavy atom. The summed E-state index contributed by atoms with van der Waals surface area (Å²) in [7, 11) is 0. The van der Waals surface area contributed by atoms with E-state index in [2.05, 4.69) is 40.2 Å². The fourth-order valence-electron chi connectivity index (χ4n) is 6.21. The van der Waals surface area contributed by atoms with Crippen molar-refractivity contribution in [2.24, 2.45) is 23.0 Å². The van der Waals surface area contributed by atoms with Crippen LogP contribution in [0.3, 0.4) is 0 Å². The molecule has 108 valence electrons. The minimum atomic E-state index is 0.461. The molecule has 5 rings (SSSR count). The van der Waals surface area contributed by atoms with Gasteiger partial charge in [-0.05, 0) is 91.9 Å². The maximum atomic E-state index is 5.95. The predicted molar refractivity (Wildman–Crippen MR) is 86.6 cm³/mol. The van der Waals surface area contributed by atoms with Crippen LogP contribution >= 0.6 is 15.9 Å². The first-order chi connectivity index (χ1) is 9.63. The average Bonchev–Trinajstić information content (AvgIpc) is 2.37. The third-order valence-electron chi connectivity index (χ3n) is 6.29. The summed E-state index contributed by atoms with van der Waals surface area (Å²) in [4.78, 5) is 0. The van der Waals surface area contributed by atoms with Gasteiger partial charge in [0.05, 0.1) is 0 Å². The van der Waals surface area contributed by atoms with Crippen molar-refractivity contribution in [2.45, 2.75) is 50.4 Å². The molecule has 2 atom stereocenters. The van der Waals surface area contributed by atoms with Crippen molar-refractivity contribution in [3.63, 3.8) is 0 Å². The Bertz CT molecular complexity index is 510. The second-order valence-corrected chi connectivity index (χ2v) is 8.71. The quantitative estimate of drug-likeness (QED) is 0.856. The molecule has 4 saturated carbocycles. The maximum Gasteiger partial charge on any atom is 0.0178 e. The van der Waals surface area contributed by atoms with E-state index in [-0.39, 0.29) is 0 Å². The smallest absolute Gasteiger partial charge is 0.0178 e. The Morgan fingerprint density at radius 1 is 1.15 bits per heavy atom. The summed E-state index contributed by atoms with van der Waals surface area (Å²) in [5.74, 6) is 1.92.